The highest BCUT2D eigenvalue weighted by Crippen LogP contribution is 2.35. The zero-order chi connectivity index (χ0) is 17.3. The van der Waals surface area contributed by atoms with E-state index in [0.29, 0.717) is 17.0 Å². The van der Waals surface area contributed by atoms with Crippen LogP contribution in [0.25, 0.3) is 0 Å². The number of thiol groups is 1. The molecule has 0 aliphatic carbocycles. The second kappa shape index (κ2) is 6.49. The lowest BCUT2D eigenvalue weighted by molar-refractivity contribution is 0.392. The van der Waals surface area contributed by atoms with Crippen LogP contribution in [-0.4, -0.2) is 31.4 Å². The third-order valence-electron chi connectivity index (χ3n) is 4.23. The Hall–Kier alpha value is -0.603. The molecule has 128 valence electrons. The zero-order valence-electron chi connectivity index (χ0n) is 14.7. The number of nitrogens with two attached hydrogens (primary N) is 1. The first-order valence-corrected chi connectivity index (χ1v) is 12.2. The lowest BCUT2D eigenvalue weighted by atomic mass is 10.2. The fraction of sp³-hybridized carbons (Fsp3) is 0.600. The van der Waals surface area contributed by atoms with Crippen molar-refractivity contribution in [2.24, 2.45) is 5.14 Å². The topological polar surface area (TPSA) is 58.4 Å². The normalized spacial score (nSPS) is 14.5. The van der Waals surface area contributed by atoms with Gasteiger partial charge in [0.15, 0.2) is 0 Å². The Balaban J connectivity index is 3.09. The molecule has 0 spiro atoms. The fourth-order valence-electron chi connectivity index (χ4n) is 1.86. The third-order valence-corrected chi connectivity index (χ3v) is 12.6. The highest BCUT2D eigenvalue weighted by molar-refractivity contribution is 8.00. The maximum atomic E-state index is 14.2. The van der Waals surface area contributed by atoms with Crippen LogP contribution >= 0.6 is 0 Å². The van der Waals surface area contributed by atoms with Gasteiger partial charge in [0.2, 0.25) is 0 Å². The summed E-state index contributed by atoms with van der Waals surface area (Å²) in [5.74, 6) is -0.367. The molecule has 0 heterocycles. The molecule has 0 aliphatic heterocycles. The minimum absolute atomic E-state index is 0.00849. The Labute approximate surface area is 136 Å². The molecule has 0 fully saturated rings. The molecule has 0 saturated carbocycles. The maximum Gasteiger partial charge on any atom is 0.138 e. The molecule has 0 amide bonds. The highest BCUT2D eigenvalue weighted by Gasteiger charge is 2.38. The van der Waals surface area contributed by atoms with Crippen LogP contribution in [0.5, 0.6) is 0 Å². The molecule has 3 N–H and O–H groups in total. The molecule has 0 atom stereocenters. The van der Waals surface area contributed by atoms with E-state index in [9.17, 15) is 8.60 Å². The van der Waals surface area contributed by atoms with Crippen molar-refractivity contribution in [3.05, 3.63) is 29.6 Å². The molecule has 7 heteroatoms. The van der Waals surface area contributed by atoms with Crippen molar-refractivity contribution in [2.45, 2.75) is 50.3 Å². The summed E-state index contributed by atoms with van der Waals surface area (Å²) in [5, 5.41) is 6.03. The Kier molecular flexibility index (Phi) is 5.73. The minimum Gasteiger partial charge on any atom is -0.305 e. The third kappa shape index (κ3) is 4.69. The van der Waals surface area contributed by atoms with Crippen molar-refractivity contribution in [3.8, 4) is 0 Å². The van der Waals surface area contributed by atoms with Gasteiger partial charge in [-0.1, -0.05) is 39.9 Å². The van der Waals surface area contributed by atoms with E-state index in [1.165, 1.54) is 6.07 Å². The summed E-state index contributed by atoms with van der Waals surface area (Å²) in [5.41, 5.74) is 0.570. The van der Waals surface area contributed by atoms with Crippen molar-refractivity contribution in [1.29, 1.82) is 0 Å². The van der Waals surface area contributed by atoms with E-state index in [2.05, 4.69) is 38.3 Å². The molecular formula is C15H30FN3OSSi. The van der Waals surface area contributed by atoms with E-state index in [0.717, 1.165) is 0 Å². The SMILES string of the molecule is CN(C)Cc1ccc([SH](N)(=O)N[Si](C)(C)C(C)(C)C)cc1F. The van der Waals surface area contributed by atoms with Crippen LogP contribution in [0.2, 0.25) is 18.1 Å². The summed E-state index contributed by atoms with van der Waals surface area (Å²) in [6.07, 6.45) is 0. The molecule has 0 unspecified atom stereocenters. The average molecular weight is 348 g/mol. The highest BCUT2D eigenvalue weighted by atomic mass is 32.3. The molecule has 0 radical (unpaired) electrons. The standard InChI is InChI=1S/C15H30FN3OSSi/c1-15(2,3)22(6,7)18-21(17,20)13-9-8-12(11-19(4)5)14(16)10-13/h8-10,21H,11H2,1-7H3,(H3,17,18,20). The Morgan fingerprint density at radius 3 is 2.27 bits per heavy atom. The lowest BCUT2D eigenvalue weighted by Crippen LogP contribution is -2.59. The van der Waals surface area contributed by atoms with Crippen molar-refractivity contribution in [2.75, 3.05) is 14.1 Å². The molecule has 0 aliphatic rings. The van der Waals surface area contributed by atoms with Crippen LogP contribution < -0.4 is 9.53 Å². The second-order valence-corrected chi connectivity index (χ2v) is 15.1. The summed E-state index contributed by atoms with van der Waals surface area (Å²) in [6.45, 7) is 11.0. The van der Waals surface area contributed by atoms with E-state index in [1.807, 2.05) is 19.0 Å². The van der Waals surface area contributed by atoms with Crippen molar-refractivity contribution in [1.82, 2.24) is 9.29 Å². The summed E-state index contributed by atoms with van der Waals surface area (Å²) >= 11 is 0. The van der Waals surface area contributed by atoms with Gasteiger partial charge in [0, 0.05) is 27.3 Å². The molecule has 0 saturated heterocycles. The molecule has 22 heavy (non-hydrogen) atoms. The molecular weight excluding hydrogens is 317 g/mol. The van der Waals surface area contributed by atoms with Gasteiger partial charge in [-0.3, -0.25) is 13.7 Å². The van der Waals surface area contributed by atoms with Crippen LogP contribution in [0.1, 0.15) is 26.3 Å². The number of benzene rings is 1. The van der Waals surface area contributed by atoms with Gasteiger partial charge in [0.05, 0.1) is 0 Å². The van der Waals surface area contributed by atoms with Crippen LogP contribution in [0.4, 0.5) is 4.39 Å². The summed E-state index contributed by atoms with van der Waals surface area (Å²) < 4.78 is 30.2. The number of nitrogens with one attached hydrogen (secondary N) is 1. The Bertz CT molecular complexity index is 585. The van der Waals surface area contributed by atoms with Gasteiger partial charge < -0.3 is 4.90 Å². The monoisotopic (exact) mass is 347 g/mol. The van der Waals surface area contributed by atoms with Gasteiger partial charge in [-0.15, -0.1) is 0 Å². The quantitative estimate of drug-likeness (QED) is 0.566. The number of halogens is 1. The van der Waals surface area contributed by atoms with Crippen LogP contribution in [0.3, 0.4) is 0 Å². The molecule has 0 aromatic heterocycles. The van der Waals surface area contributed by atoms with E-state index in [-0.39, 0.29) is 10.9 Å². The smallest absolute Gasteiger partial charge is 0.138 e. The number of nitrogens with zero attached hydrogens (tertiary/aromatic N) is 1. The van der Waals surface area contributed by atoms with Gasteiger partial charge in [-0.2, -0.15) is 0 Å². The Morgan fingerprint density at radius 1 is 1.32 bits per heavy atom. The van der Waals surface area contributed by atoms with Gasteiger partial charge in [-0.05, 0) is 31.3 Å². The van der Waals surface area contributed by atoms with E-state index >= 15 is 0 Å². The van der Waals surface area contributed by atoms with Crippen LogP contribution in [-0.2, 0) is 16.8 Å². The summed E-state index contributed by atoms with van der Waals surface area (Å²) in [6, 6.07) is 4.64. The van der Waals surface area contributed by atoms with Gasteiger partial charge in [0.25, 0.3) is 0 Å². The van der Waals surface area contributed by atoms with Gasteiger partial charge >= 0.3 is 0 Å². The largest absolute Gasteiger partial charge is 0.305 e. The first-order valence-electron chi connectivity index (χ1n) is 7.38. The van der Waals surface area contributed by atoms with Gasteiger partial charge in [-0.25, -0.2) is 4.39 Å². The first kappa shape index (κ1) is 19.4. The Morgan fingerprint density at radius 2 is 1.86 bits per heavy atom. The minimum atomic E-state index is -3.29. The second-order valence-electron chi connectivity index (χ2n) is 7.66. The van der Waals surface area contributed by atoms with Crippen LogP contribution in [0, 0.1) is 5.82 Å². The number of rotatable bonds is 5. The predicted molar refractivity (Wildman–Crippen MR) is 96.1 cm³/mol. The summed E-state index contributed by atoms with van der Waals surface area (Å²) in [4.78, 5) is 2.23. The summed E-state index contributed by atoms with van der Waals surface area (Å²) in [7, 11) is -1.58. The molecule has 0 bridgehead atoms. The zero-order valence-corrected chi connectivity index (χ0v) is 16.6. The predicted octanol–water partition coefficient (Wildman–Crippen LogP) is 2.65. The average Bonchev–Trinajstić information content (AvgIpc) is 2.28. The molecule has 1 rings (SSSR count). The van der Waals surface area contributed by atoms with E-state index in [1.54, 1.807) is 12.1 Å². The van der Waals surface area contributed by atoms with Crippen molar-refractivity contribution >= 4 is 18.5 Å². The first-order chi connectivity index (χ1) is 9.76. The fourth-order valence-corrected chi connectivity index (χ4v) is 7.64. The molecule has 4 nitrogen and oxygen atoms in total. The van der Waals surface area contributed by atoms with Crippen molar-refractivity contribution < 1.29 is 8.60 Å². The van der Waals surface area contributed by atoms with Gasteiger partial charge in [0.1, 0.15) is 14.1 Å². The molecule has 1 aromatic carbocycles. The maximum absolute atomic E-state index is 14.2. The van der Waals surface area contributed by atoms with Crippen molar-refractivity contribution in [3.63, 3.8) is 0 Å². The van der Waals surface area contributed by atoms with E-state index in [4.69, 9.17) is 5.14 Å². The number of hydrogen-bond acceptors (Lipinski definition) is 2. The van der Waals surface area contributed by atoms with E-state index < -0.39 is 18.5 Å². The number of hydrogen-bond donors (Lipinski definition) is 3. The van der Waals surface area contributed by atoms with Crippen LogP contribution in [0.15, 0.2) is 23.1 Å². The lowest BCUT2D eigenvalue weighted by Gasteiger charge is -2.41. The molecule has 1 aromatic rings.